The number of carbonyl (C=O) groups excluding carboxylic acids is 1. The van der Waals surface area contributed by atoms with Crippen LogP contribution in [0.4, 0.5) is 5.69 Å². The summed E-state index contributed by atoms with van der Waals surface area (Å²) < 4.78 is 11.1. The highest BCUT2D eigenvalue weighted by atomic mass is 16.5. The topological polar surface area (TPSA) is 71.3 Å². The van der Waals surface area contributed by atoms with E-state index in [2.05, 4.69) is 12.2 Å². The Morgan fingerprint density at radius 3 is 2.67 bits per heavy atom. The van der Waals surface area contributed by atoms with Gasteiger partial charge in [0.2, 0.25) is 0 Å². The normalized spacial score (nSPS) is 11.0. The molecule has 0 unspecified atom stereocenters. The maximum Gasteiger partial charge on any atom is 0.266 e. The maximum atomic E-state index is 12.7. The second-order valence-electron chi connectivity index (χ2n) is 6.76. The van der Waals surface area contributed by atoms with Crippen LogP contribution in [0.1, 0.15) is 25.3 Å². The highest BCUT2D eigenvalue weighted by Gasteiger charge is 2.12. The maximum absolute atomic E-state index is 12.7. The number of anilines is 1. The Hall–Kier alpha value is -3.78. The van der Waals surface area contributed by atoms with Crippen LogP contribution in [0.3, 0.4) is 0 Å². The fourth-order valence-corrected chi connectivity index (χ4v) is 3.06. The third-order valence-corrected chi connectivity index (χ3v) is 4.66. The Bertz CT molecular complexity index is 1110. The molecule has 0 bridgehead atoms. The van der Waals surface area contributed by atoms with E-state index in [0.29, 0.717) is 29.4 Å². The number of rotatable bonds is 8. The quantitative estimate of drug-likeness (QED) is 0.305. The van der Waals surface area contributed by atoms with Crippen molar-refractivity contribution in [2.75, 3.05) is 19.0 Å². The molecule has 0 aromatic heterocycles. The predicted octanol–water partition coefficient (Wildman–Crippen LogP) is 5.57. The van der Waals surface area contributed by atoms with Gasteiger partial charge in [0, 0.05) is 11.1 Å². The van der Waals surface area contributed by atoms with E-state index < -0.39 is 5.91 Å². The number of ether oxygens (including phenoxy) is 2. The third kappa shape index (κ3) is 4.98. The summed E-state index contributed by atoms with van der Waals surface area (Å²) >= 11 is 0. The summed E-state index contributed by atoms with van der Waals surface area (Å²) in [6, 6.07) is 20.8. The van der Waals surface area contributed by atoms with E-state index in [-0.39, 0.29) is 5.57 Å². The molecule has 152 valence electrons. The van der Waals surface area contributed by atoms with Gasteiger partial charge in [-0.2, -0.15) is 5.26 Å². The Labute approximate surface area is 176 Å². The standard InChI is InChI=1S/C25H24N2O3/c1-3-4-14-30-23-13-12-18(16-24(23)29-2)15-20(17-26)25(28)27-22-11-7-9-19-8-5-6-10-21(19)22/h5-13,15-16H,3-4,14H2,1-2H3,(H,27,28)/b20-15+. The van der Waals surface area contributed by atoms with E-state index in [4.69, 9.17) is 9.47 Å². The average Bonchev–Trinajstić information content (AvgIpc) is 2.78. The number of nitriles is 1. The van der Waals surface area contributed by atoms with E-state index in [0.717, 1.165) is 23.6 Å². The van der Waals surface area contributed by atoms with E-state index in [1.54, 1.807) is 31.4 Å². The molecule has 0 heterocycles. The Morgan fingerprint density at radius 2 is 1.90 bits per heavy atom. The zero-order valence-electron chi connectivity index (χ0n) is 17.1. The summed E-state index contributed by atoms with van der Waals surface area (Å²) in [6.45, 7) is 2.71. The highest BCUT2D eigenvalue weighted by molar-refractivity contribution is 6.12. The first-order valence-corrected chi connectivity index (χ1v) is 9.88. The van der Waals surface area contributed by atoms with E-state index >= 15 is 0 Å². The van der Waals surface area contributed by atoms with Crippen molar-refractivity contribution in [1.29, 1.82) is 5.26 Å². The summed E-state index contributed by atoms with van der Waals surface area (Å²) in [4.78, 5) is 12.7. The zero-order valence-corrected chi connectivity index (χ0v) is 17.1. The van der Waals surface area contributed by atoms with Crippen molar-refractivity contribution in [2.24, 2.45) is 0 Å². The Morgan fingerprint density at radius 1 is 1.10 bits per heavy atom. The molecule has 0 aliphatic rings. The molecule has 0 spiro atoms. The molecule has 3 aromatic rings. The number of nitrogens with one attached hydrogen (secondary N) is 1. The third-order valence-electron chi connectivity index (χ3n) is 4.66. The van der Waals surface area contributed by atoms with Gasteiger partial charge in [0.15, 0.2) is 11.5 Å². The number of hydrogen-bond donors (Lipinski definition) is 1. The molecule has 3 aromatic carbocycles. The molecule has 5 nitrogen and oxygen atoms in total. The molecule has 5 heteroatoms. The van der Waals surface area contributed by atoms with Crippen molar-refractivity contribution in [1.82, 2.24) is 0 Å². The summed E-state index contributed by atoms with van der Waals surface area (Å²) in [5.74, 6) is 0.740. The summed E-state index contributed by atoms with van der Waals surface area (Å²) in [5, 5.41) is 14.3. The average molecular weight is 400 g/mol. The number of benzene rings is 3. The molecule has 30 heavy (non-hydrogen) atoms. The van der Waals surface area contributed by atoms with Gasteiger partial charge in [-0.3, -0.25) is 4.79 Å². The summed E-state index contributed by atoms with van der Waals surface area (Å²) in [7, 11) is 1.56. The number of nitrogens with zero attached hydrogens (tertiary/aromatic N) is 1. The number of carbonyl (C=O) groups is 1. The second kappa shape index (κ2) is 10.1. The van der Waals surface area contributed by atoms with Gasteiger partial charge in [-0.1, -0.05) is 55.8 Å². The number of unbranched alkanes of at least 4 members (excludes halogenated alkanes) is 1. The SMILES string of the molecule is CCCCOc1ccc(/C=C(\C#N)C(=O)Nc2cccc3ccccc23)cc1OC. The molecule has 0 saturated heterocycles. The Balaban J connectivity index is 1.82. The van der Waals surface area contributed by atoms with Gasteiger partial charge in [-0.05, 0) is 41.6 Å². The number of hydrogen-bond acceptors (Lipinski definition) is 4. The van der Waals surface area contributed by atoms with Crippen molar-refractivity contribution >= 4 is 28.4 Å². The fraction of sp³-hybridized carbons (Fsp3) is 0.200. The van der Waals surface area contributed by atoms with Crippen LogP contribution in [0.15, 0.2) is 66.2 Å². The van der Waals surface area contributed by atoms with Crippen molar-refractivity contribution in [3.8, 4) is 17.6 Å². The lowest BCUT2D eigenvalue weighted by Gasteiger charge is -2.11. The van der Waals surface area contributed by atoms with Crippen LogP contribution in [0.25, 0.3) is 16.8 Å². The van der Waals surface area contributed by atoms with Crippen LogP contribution in [-0.2, 0) is 4.79 Å². The molecular formula is C25H24N2O3. The van der Waals surface area contributed by atoms with E-state index in [1.807, 2.05) is 48.5 Å². The first-order valence-electron chi connectivity index (χ1n) is 9.88. The van der Waals surface area contributed by atoms with Crippen LogP contribution in [0, 0.1) is 11.3 Å². The van der Waals surface area contributed by atoms with Crippen LogP contribution >= 0.6 is 0 Å². The zero-order chi connectivity index (χ0) is 21.3. The van der Waals surface area contributed by atoms with Crippen LogP contribution < -0.4 is 14.8 Å². The van der Waals surface area contributed by atoms with Crippen LogP contribution in [-0.4, -0.2) is 19.6 Å². The molecule has 0 atom stereocenters. The van der Waals surface area contributed by atoms with Crippen LogP contribution in [0.5, 0.6) is 11.5 Å². The van der Waals surface area contributed by atoms with Gasteiger partial charge in [-0.15, -0.1) is 0 Å². The van der Waals surface area contributed by atoms with Gasteiger partial charge >= 0.3 is 0 Å². The fourth-order valence-electron chi connectivity index (χ4n) is 3.06. The predicted molar refractivity (Wildman–Crippen MR) is 120 cm³/mol. The lowest BCUT2D eigenvalue weighted by atomic mass is 10.1. The van der Waals surface area contributed by atoms with Crippen molar-refractivity contribution in [3.63, 3.8) is 0 Å². The lowest BCUT2D eigenvalue weighted by molar-refractivity contribution is -0.112. The van der Waals surface area contributed by atoms with Crippen LogP contribution in [0.2, 0.25) is 0 Å². The molecule has 0 radical (unpaired) electrons. The molecule has 0 aliphatic heterocycles. The number of amides is 1. The molecule has 1 amide bonds. The van der Waals surface area contributed by atoms with Crippen molar-refractivity contribution in [2.45, 2.75) is 19.8 Å². The lowest BCUT2D eigenvalue weighted by Crippen LogP contribution is -2.13. The molecule has 3 rings (SSSR count). The molecule has 0 aliphatic carbocycles. The largest absolute Gasteiger partial charge is 0.493 e. The van der Waals surface area contributed by atoms with Crippen molar-refractivity contribution < 1.29 is 14.3 Å². The van der Waals surface area contributed by atoms with E-state index in [1.165, 1.54) is 0 Å². The molecule has 0 saturated carbocycles. The second-order valence-corrected chi connectivity index (χ2v) is 6.76. The van der Waals surface area contributed by atoms with Gasteiger partial charge in [0.05, 0.1) is 13.7 Å². The molecule has 0 fully saturated rings. The number of fused-ring (bicyclic) bond motifs is 1. The molecule has 1 N–H and O–H groups in total. The highest BCUT2D eigenvalue weighted by Crippen LogP contribution is 2.29. The summed E-state index contributed by atoms with van der Waals surface area (Å²) in [5.41, 5.74) is 1.35. The minimum absolute atomic E-state index is 0.00429. The smallest absolute Gasteiger partial charge is 0.266 e. The monoisotopic (exact) mass is 400 g/mol. The Kier molecular flexibility index (Phi) is 7.07. The van der Waals surface area contributed by atoms with Gasteiger partial charge in [0.1, 0.15) is 11.6 Å². The van der Waals surface area contributed by atoms with Crippen molar-refractivity contribution in [3.05, 3.63) is 71.8 Å². The van der Waals surface area contributed by atoms with Gasteiger partial charge < -0.3 is 14.8 Å². The van der Waals surface area contributed by atoms with Gasteiger partial charge in [0.25, 0.3) is 5.91 Å². The first kappa shape index (κ1) is 20.9. The van der Waals surface area contributed by atoms with E-state index in [9.17, 15) is 10.1 Å². The first-order chi connectivity index (χ1) is 14.7. The summed E-state index contributed by atoms with van der Waals surface area (Å²) in [6.07, 6.45) is 3.54. The minimum atomic E-state index is -0.462. The minimum Gasteiger partial charge on any atom is -0.493 e. The number of methoxy groups -OCH3 is 1. The molecular weight excluding hydrogens is 376 g/mol. The van der Waals surface area contributed by atoms with Gasteiger partial charge in [-0.25, -0.2) is 0 Å².